The number of nitrogens with zero attached hydrogens (tertiary/aromatic N) is 3. The minimum absolute atomic E-state index is 0.189. The summed E-state index contributed by atoms with van der Waals surface area (Å²) >= 11 is 3.32. The number of anilines is 1. The number of rotatable bonds is 2. The molecule has 2 amide bonds. The summed E-state index contributed by atoms with van der Waals surface area (Å²) in [6.45, 7) is 1.41. The molecule has 0 fully saturated rings. The summed E-state index contributed by atoms with van der Waals surface area (Å²) in [5.74, 6) is 1.49. The Hall–Kier alpha value is -2.22. The molecule has 1 aromatic heterocycles. The molecule has 8 heteroatoms. The lowest BCUT2D eigenvalue weighted by Crippen LogP contribution is -2.36. The van der Waals surface area contributed by atoms with Crippen molar-refractivity contribution in [1.82, 2.24) is 14.7 Å². The minimum atomic E-state index is -0.189. The average Bonchev–Trinajstić information content (AvgIpc) is 2.74. The Morgan fingerprint density at radius 3 is 3.00 bits per heavy atom. The van der Waals surface area contributed by atoms with Crippen molar-refractivity contribution in [3.05, 3.63) is 34.6 Å². The first kappa shape index (κ1) is 15.7. The van der Waals surface area contributed by atoms with Crippen LogP contribution in [0.5, 0.6) is 11.5 Å². The molecule has 0 spiro atoms. The molecule has 1 N–H and O–H groups in total. The SMILES string of the molecule is COc1ccc2c(c1)OCCN(C(=O)Nc1cn(C)nc1Br)C2. The molecule has 0 aliphatic carbocycles. The van der Waals surface area contributed by atoms with Crippen LogP contribution in [0.15, 0.2) is 29.0 Å². The average molecular weight is 381 g/mol. The maximum Gasteiger partial charge on any atom is 0.322 e. The highest BCUT2D eigenvalue weighted by molar-refractivity contribution is 9.10. The van der Waals surface area contributed by atoms with Crippen LogP contribution >= 0.6 is 15.9 Å². The monoisotopic (exact) mass is 380 g/mol. The predicted molar refractivity (Wildman–Crippen MR) is 88.8 cm³/mol. The molecule has 23 heavy (non-hydrogen) atoms. The van der Waals surface area contributed by atoms with Crippen LogP contribution in [-0.2, 0) is 13.6 Å². The third-order valence-electron chi connectivity index (χ3n) is 3.57. The zero-order chi connectivity index (χ0) is 16.4. The lowest BCUT2D eigenvalue weighted by molar-refractivity contribution is 0.200. The highest BCUT2D eigenvalue weighted by Crippen LogP contribution is 2.28. The van der Waals surface area contributed by atoms with Crippen LogP contribution in [0, 0.1) is 0 Å². The quantitative estimate of drug-likeness (QED) is 0.869. The summed E-state index contributed by atoms with van der Waals surface area (Å²) in [5.41, 5.74) is 1.58. The van der Waals surface area contributed by atoms with Gasteiger partial charge in [0.25, 0.3) is 0 Å². The van der Waals surface area contributed by atoms with Gasteiger partial charge in [0.15, 0.2) is 4.60 Å². The van der Waals surface area contributed by atoms with E-state index in [9.17, 15) is 4.79 Å². The van der Waals surface area contributed by atoms with Gasteiger partial charge in [-0.05, 0) is 28.1 Å². The number of hydrogen-bond donors (Lipinski definition) is 1. The molecule has 0 saturated heterocycles. The Morgan fingerprint density at radius 2 is 2.30 bits per heavy atom. The maximum atomic E-state index is 12.5. The predicted octanol–water partition coefficient (Wildman–Crippen LogP) is 2.62. The van der Waals surface area contributed by atoms with E-state index in [0.29, 0.717) is 30.0 Å². The Balaban J connectivity index is 1.75. The van der Waals surface area contributed by atoms with Crippen LogP contribution in [0.25, 0.3) is 0 Å². The number of ether oxygens (including phenoxy) is 2. The second-order valence-corrected chi connectivity index (χ2v) is 5.93. The summed E-state index contributed by atoms with van der Waals surface area (Å²) in [5, 5.41) is 7.00. The van der Waals surface area contributed by atoms with E-state index in [1.165, 1.54) is 0 Å². The Labute approximate surface area is 142 Å². The third kappa shape index (κ3) is 3.42. The van der Waals surface area contributed by atoms with Crippen molar-refractivity contribution in [1.29, 1.82) is 0 Å². The second kappa shape index (κ2) is 6.49. The molecular formula is C15H17BrN4O3. The van der Waals surface area contributed by atoms with Crippen molar-refractivity contribution in [3.8, 4) is 11.5 Å². The summed E-state index contributed by atoms with van der Waals surface area (Å²) in [7, 11) is 3.41. The number of carbonyl (C=O) groups excluding carboxylic acids is 1. The molecule has 0 bridgehead atoms. The molecule has 1 aliphatic heterocycles. The van der Waals surface area contributed by atoms with Gasteiger partial charge in [0, 0.05) is 24.9 Å². The van der Waals surface area contributed by atoms with Crippen LogP contribution < -0.4 is 14.8 Å². The summed E-state index contributed by atoms with van der Waals surface area (Å²) in [4.78, 5) is 14.2. The summed E-state index contributed by atoms with van der Waals surface area (Å²) in [6.07, 6.45) is 1.75. The molecule has 1 aliphatic rings. The number of amides is 2. The molecular weight excluding hydrogens is 364 g/mol. The van der Waals surface area contributed by atoms with Gasteiger partial charge >= 0.3 is 6.03 Å². The van der Waals surface area contributed by atoms with Gasteiger partial charge in [-0.15, -0.1) is 0 Å². The van der Waals surface area contributed by atoms with E-state index in [-0.39, 0.29) is 6.03 Å². The van der Waals surface area contributed by atoms with Gasteiger partial charge in [0.2, 0.25) is 0 Å². The first-order chi connectivity index (χ1) is 11.1. The standard InChI is InChI=1S/C15H17BrN4O3/c1-19-9-12(14(16)18-19)17-15(21)20-5-6-23-13-7-11(22-2)4-3-10(13)8-20/h3-4,7,9H,5-6,8H2,1-2H3,(H,17,21). The highest BCUT2D eigenvalue weighted by atomic mass is 79.9. The Bertz CT molecular complexity index is 732. The van der Waals surface area contributed by atoms with Crippen molar-refractivity contribution in [2.45, 2.75) is 6.54 Å². The number of urea groups is 1. The van der Waals surface area contributed by atoms with Gasteiger partial charge in [0.05, 0.1) is 25.9 Å². The summed E-state index contributed by atoms with van der Waals surface area (Å²) < 4.78 is 13.2. The van der Waals surface area contributed by atoms with Crippen LogP contribution in [0.2, 0.25) is 0 Å². The number of aromatic nitrogens is 2. The third-order valence-corrected chi connectivity index (χ3v) is 4.15. The van der Waals surface area contributed by atoms with Gasteiger partial charge in [-0.1, -0.05) is 0 Å². The fourth-order valence-corrected chi connectivity index (χ4v) is 2.84. The van der Waals surface area contributed by atoms with E-state index in [0.717, 1.165) is 17.1 Å². The highest BCUT2D eigenvalue weighted by Gasteiger charge is 2.21. The molecule has 2 heterocycles. The van der Waals surface area contributed by atoms with Crippen LogP contribution in [-0.4, -0.2) is 41.0 Å². The zero-order valence-corrected chi connectivity index (χ0v) is 14.5. The Morgan fingerprint density at radius 1 is 1.48 bits per heavy atom. The number of aryl methyl sites for hydroxylation is 1. The number of hydrogen-bond acceptors (Lipinski definition) is 4. The summed E-state index contributed by atoms with van der Waals surface area (Å²) in [6, 6.07) is 5.43. The van der Waals surface area contributed by atoms with Crippen LogP contribution in [0.3, 0.4) is 0 Å². The van der Waals surface area contributed by atoms with E-state index >= 15 is 0 Å². The molecule has 1 aromatic carbocycles. The number of benzene rings is 1. The van der Waals surface area contributed by atoms with Crippen molar-refractivity contribution in [3.63, 3.8) is 0 Å². The number of nitrogens with one attached hydrogen (secondary N) is 1. The smallest absolute Gasteiger partial charge is 0.322 e. The minimum Gasteiger partial charge on any atom is -0.497 e. The molecule has 122 valence electrons. The number of halogens is 1. The molecule has 3 rings (SSSR count). The van der Waals surface area contributed by atoms with Crippen molar-refractivity contribution in [2.24, 2.45) is 7.05 Å². The van der Waals surface area contributed by atoms with E-state index in [1.54, 1.807) is 29.9 Å². The number of methoxy groups -OCH3 is 1. The largest absolute Gasteiger partial charge is 0.497 e. The first-order valence-corrected chi connectivity index (χ1v) is 7.91. The van der Waals surface area contributed by atoms with E-state index < -0.39 is 0 Å². The van der Waals surface area contributed by atoms with Gasteiger partial charge in [-0.25, -0.2) is 4.79 Å². The first-order valence-electron chi connectivity index (χ1n) is 7.11. The zero-order valence-electron chi connectivity index (χ0n) is 12.9. The number of fused-ring (bicyclic) bond motifs is 1. The van der Waals surface area contributed by atoms with E-state index in [4.69, 9.17) is 9.47 Å². The molecule has 0 saturated carbocycles. The normalized spacial score (nSPS) is 13.8. The van der Waals surface area contributed by atoms with E-state index in [1.807, 2.05) is 18.2 Å². The molecule has 0 radical (unpaired) electrons. The topological polar surface area (TPSA) is 68.6 Å². The molecule has 0 unspecified atom stereocenters. The lowest BCUT2D eigenvalue weighted by atomic mass is 10.2. The fourth-order valence-electron chi connectivity index (χ4n) is 2.39. The van der Waals surface area contributed by atoms with Crippen molar-refractivity contribution >= 4 is 27.6 Å². The fraction of sp³-hybridized carbons (Fsp3) is 0.333. The van der Waals surface area contributed by atoms with Crippen LogP contribution in [0.4, 0.5) is 10.5 Å². The van der Waals surface area contributed by atoms with Crippen molar-refractivity contribution < 1.29 is 14.3 Å². The van der Waals surface area contributed by atoms with Gasteiger partial charge < -0.3 is 19.7 Å². The van der Waals surface area contributed by atoms with Gasteiger partial charge in [0.1, 0.15) is 18.1 Å². The molecule has 2 aromatic rings. The van der Waals surface area contributed by atoms with Gasteiger partial charge in [-0.3, -0.25) is 4.68 Å². The van der Waals surface area contributed by atoms with Crippen LogP contribution in [0.1, 0.15) is 5.56 Å². The maximum absolute atomic E-state index is 12.5. The number of carbonyl (C=O) groups is 1. The van der Waals surface area contributed by atoms with Gasteiger partial charge in [-0.2, -0.15) is 5.10 Å². The van der Waals surface area contributed by atoms with E-state index in [2.05, 4.69) is 26.3 Å². The van der Waals surface area contributed by atoms with Crippen molar-refractivity contribution in [2.75, 3.05) is 25.6 Å². The molecule has 7 nitrogen and oxygen atoms in total. The Kier molecular flexibility index (Phi) is 4.42. The molecule has 0 atom stereocenters. The second-order valence-electron chi connectivity index (χ2n) is 5.18. The lowest BCUT2D eigenvalue weighted by Gasteiger charge is -2.20.